The summed E-state index contributed by atoms with van der Waals surface area (Å²) < 4.78 is 32.8. The van der Waals surface area contributed by atoms with Crippen LogP contribution in [0.15, 0.2) is 0 Å². The number of carbonyl (C=O) groups is 4. The van der Waals surface area contributed by atoms with Crippen LogP contribution in [0.5, 0.6) is 0 Å². The largest absolute Gasteiger partial charge is 0.365 e. The quantitative estimate of drug-likeness (QED) is 0.230. The van der Waals surface area contributed by atoms with Crippen molar-refractivity contribution in [2.45, 2.75) is 35.5 Å². The second-order valence-electron chi connectivity index (χ2n) is 10.1. The Kier molecular flexibility index (Phi) is 10.5. The first-order chi connectivity index (χ1) is 20.8. The van der Waals surface area contributed by atoms with Gasteiger partial charge in [0.05, 0.1) is 6.61 Å². The summed E-state index contributed by atoms with van der Waals surface area (Å²) in [4.78, 5) is 60.0. The maximum Gasteiger partial charge on any atom is 0.327 e. The van der Waals surface area contributed by atoms with Gasteiger partial charge in [-0.3, -0.25) is 29.4 Å². The highest BCUT2D eigenvalue weighted by Gasteiger charge is 2.56. The fourth-order valence-corrected chi connectivity index (χ4v) is 8.19. The van der Waals surface area contributed by atoms with E-state index in [1.807, 2.05) is 0 Å². The van der Waals surface area contributed by atoms with Crippen molar-refractivity contribution in [3.63, 3.8) is 0 Å². The van der Waals surface area contributed by atoms with E-state index in [0.29, 0.717) is 11.5 Å². The van der Waals surface area contributed by atoms with E-state index >= 15 is 0 Å². The maximum absolute atomic E-state index is 12.8. The number of nitrogens with zero attached hydrogens (tertiary/aromatic N) is 6. The van der Waals surface area contributed by atoms with Crippen LogP contribution in [-0.2, 0) is 28.4 Å². The molecule has 8 amide bonds. The van der Waals surface area contributed by atoms with E-state index < -0.39 is 24.7 Å². The Hall–Kier alpha value is -2.46. The van der Waals surface area contributed by atoms with Gasteiger partial charge in [0.25, 0.3) is 0 Å². The average molecular weight is 651 g/mol. The van der Waals surface area contributed by atoms with E-state index in [9.17, 15) is 19.2 Å². The van der Waals surface area contributed by atoms with Gasteiger partial charge >= 0.3 is 24.1 Å². The highest BCUT2D eigenvalue weighted by molar-refractivity contribution is 8.06. The van der Waals surface area contributed by atoms with Gasteiger partial charge in [0.15, 0.2) is 12.3 Å². The van der Waals surface area contributed by atoms with Crippen LogP contribution < -0.4 is 10.6 Å². The highest BCUT2D eigenvalue weighted by Crippen LogP contribution is 2.34. The summed E-state index contributed by atoms with van der Waals surface area (Å²) in [5.41, 5.74) is -0.313. The maximum atomic E-state index is 12.8. The molecule has 0 aliphatic carbocycles. The second-order valence-corrected chi connectivity index (χ2v) is 12.5. The predicted molar refractivity (Wildman–Crippen MR) is 151 cm³/mol. The number of amides is 8. The van der Waals surface area contributed by atoms with Crippen molar-refractivity contribution >= 4 is 47.6 Å². The van der Waals surface area contributed by atoms with Crippen molar-refractivity contribution in [1.82, 2.24) is 40.0 Å². The zero-order chi connectivity index (χ0) is 30.7. The van der Waals surface area contributed by atoms with Crippen LogP contribution in [-0.4, -0.2) is 176 Å². The lowest BCUT2D eigenvalue weighted by Crippen LogP contribution is -2.48. The molecule has 2 N–H and O–H groups in total. The fourth-order valence-electron chi connectivity index (χ4n) is 5.66. The topological polar surface area (TPSA) is 167 Å². The third-order valence-electron chi connectivity index (χ3n) is 7.51. The Morgan fingerprint density at radius 1 is 0.605 bits per heavy atom. The van der Waals surface area contributed by atoms with Crippen LogP contribution in [0.3, 0.4) is 0 Å². The number of methoxy groups -OCH3 is 4. The summed E-state index contributed by atoms with van der Waals surface area (Å²) in [6.07, 6.45) is -2.26. The molecule has 5 rings (SSSR count). The van der Waals surface area contributed by atoms with Gasteiger partial charge in [-0.2, -0.15) is 0 Å². The van der Waals surface area contributed by atoms with Crippen molar-refractivity contribution < 1.29 is 47.6 Å². The molecule has 0 aromatic heterocycles. The lowest BCUT2D eigenvalue weighted by atomic mass is 10.3. The molecule has 6 atom stereocenters. The molecule has 0 bridgehead atoms. The van der Waals surface area contributed by atoms with Crippen molar-refractivity contribution in [3.05, 3.63) is 0 Å². The van der Waals surface area contributed by atoms with Crippen LogP contribution in [0.2, 0.25) is 0 Å². The average Bonchev–Trinajstić information content (AvgIpc) is 3.64. The van der Waals surface area contributed by atoms with Crippen LogP contribution in [0, 0.1) is 0 Å². The zero-order valence-electron chi connectivity index (χ0n) is 24.4. The summed E-state index contributed by atoms with van der Waals surface area (Å²) >= 11 is 3.15. The summed E-state index contributed by atoms with van der Waals surface area (Å²) in [6.45, 7) is 0.689. The summed E-state index contributed by atoms with van der Waals surface area (Å²) in [6, 6.07) is -1.22. The first-order valence-electron chi connectivity index (χ1n) is 13.6. The Morgan fingerprint density at radius 2 is 1.05 bits per heavy atom. The van der Waals surface area contributed by atoms with Gasteiger partial charge in [0.2, 0.25) is 0 Å². The zero-order valence-corrected chi connectivity index (χ0v) is 26.0. The minimum Gasteiger partial charge on any atom is -0.365 e. The Bertz CT molecular complexity index is 1040. The molecule has 242 valence electrons. The molecular weight excluding hydrogens is 612 g/mol. The molecular formula is C23H38N8O10S2. The molecule has 18 nitrogen and oxygen atoms in total. The van der Waals surface area contributed by atoms with Gasteiger partial charge in [0, 0.05) is 46.5 Å². The van der Waals surface area contributed by atoms with Gasteiger partial charge in [0.1, 0.15) is 56.9 Å². The standard InChI is InChI=1S/C23H38N8O10S2/c1-36-9-27-16-18(30(11-38-3)22(27)34)26(20(32)24-16)5-6-40-14-7-43-15(8-42-14)41-13-29-19-17(25-21(29)33)28(10-37-2)23(35)31(19)12-39-4/h14-19H,5-13H2,1-4H3,(H,24,32)(H,25,33). The van der Waals surface area contributed by atoms with Gasteiger partial charge in [-0.25, -0.2) is 19.2 Å². The molecule has 0 saturated carbocycles. The monoisotopic (exact) mass is 650 g/mol. The number of urea groups is 4. The minimum absolute atomic E-state index is 0.00548. The second kappa shape index (κ2) is 14.1. The minimum atomic E-state index is -0.591. The Balaban J connectivity index is 1.07. The number of carbonyl (C=O) groups excluding carboxylic acids is 4. The molecule has 5 saturated heterocycles. The highest BCUT2D eigenvalue weighted by atomic mass is 32.2. The van der Waals surface area contributed by atoms with Crippen LogP contribution >= 0.6 is 23.5 Å². The van der Waals surface area contributed by atoms with Crippen LogP contribution in [0.1, 0.15) is 0 Å². The number of hydrogen-bond acceptors (Lipinski definition) is 12. The molecule has 5 heterocycles. The van der Waals surface area contributed by atoms with E-state index in [4.69, 9.17) is 28.4 Å². The molecule has 5 fully saturated rings. The van der Waals surface area contributed by atoms with Gasteiger partial charge in [-0.15, -0.1) is 23.5 Å². The van der Waals surface area contributed by atoms with E-state index in [1.54, 1.807) is 28.4 Å². The number of fused-ring (bicyclic) bond motifs is 2. The van der Waals surface area contributed by atoms with Crippen molar-refractivity contribution in [2.75, 3.05) is 86.8 Å². The number of nitrogens with one attached hydrogen (secondary N) is 2. The molecule has 5 aliphatic heterocycles. The number of rotatable bonds is 15. The predicted octanol–water partition coefficient (Wildman–Crippen LogP) is -0.645. The lowest BCUT2D eigenvalue weighted by molar-refractivity contribution is -0.0194. The molecule has 43 heavy (non-hydrogen) atoms. The summed E-state index contributed by atoms with van der Waals surface area (Å²) in [5, 5.41) is 5.68. The SMILES string of the molecule is COCN1C(=O)N(COC)C2C1NC(=O)N2CCOC1CSC(OCN2C(=O)NC3C2N(COC)C(=O)N3COC)CS1. The van der Waals surface area contributed by atoms with Gasteiger partial charge in [-0.05, 0) is 0 Å². The molecule has 6 unspecified atom stereocenters. The molecule has 0 spiro atoms. The fraction of sp³-hybridized carbons (Fsp3) is 0.826. The smallest absolute Gasteiger partial charge is 0.327 e. The van der Waals surface area contributed by atoms with E-state index in [2.05, 4.69) is 10.6 Å². The van der Waals surface area contributed by atoms with Crippen LogP contribution in [0.25, 0.3) is 0 Å². The molecule has 0 aromatic carbocycles. The molecule has 0 radical (unpaired) electrons. The molecule has 5 aliphatic rings. The normalized spacial score (nSPS) is 30.5. The van der Waals surface area contributed by atoms with Gasteiger partial charge in [-0.1, -0.05) is 0 Å². The molecule has 0 aromatic rings. The van der Waals surface area contributed by atoms with Crippen molar-refractivity contribution in [3.8, 4) is 0 Å². The summed E-state index contributed by atoms with van der Waals surface area (Å²) in [7, 11) is 5.95. The summed E-state index contributed by atoms with van der Waals surface area (Å²) in [5.74, 6) is 1.25. The number of hydrogen-bond donors (Lipinski definition) is 2. The van der Waals surface area contributed by atoms with Gasteiger partial charge < -0.3 is 39.1 Å². The first-order valence-corrected chi connectivity index (χ1v) is 15.6. The third-order valence-corrected chi connectivity index (χ3v) is 10.3. The number of ether oxygens (including phenoxy) is 6. The third kappa shape index (κ3) is 6.23. The lowest BCUT2D eigenvalue weighted by Gasteiger charge is -2.32. The van der Waals surface area contributed by atoms with E-state index in [0.717, 1.165) is 0 Å². The number of thioether (sulfide) groups is 2. The van der Waals surface area contributed by atoms with E-state index in [1.165, 1.54) is 52.9 Å². The van der Waals surface area contributed by atoms with Crippen LogP contribution in [0.4, 0.5) is 19.2 Å². The van der Waals surface area contributed by atoms with Crippen molar-refractivity contribution in [2.24, 2.45) is 0 Å². The van der Waals surface area contributed by atoms with Crippen molar-refractivity contribution in [1.29, 1.82) is 0 Å². The Labute approximate surface area is 257 Å². The Morgan fingerprint density at radius 3 is 1.53 bits per heavy atom. The van der Waals surface area contributed by atoms with E-state index in [-0.39, 0.29) is 81.8 Å². The first kappa shape index (κ1) is 31.9. The molecule has 20 heteroatoms.